The smallest absolute Gasteiger partial charge is 0.253 e. The Labute approximate surface area is 164 Å². The highest BCUT2D eigenvalue weighted by Crippen LogP contribution is 2.20. The van der Waals surface area contributed by atoms with Crippen LogP contribution >= 0.6 is 11.3 Å². The molecule has 1 fully saturated rings. The maximum Gasteiger partial charge on any atom is 0.253 e. The van der Waals surface area contributed by atoms with E-state index in [0.29, 0.717) is 0 Å². The van der Waals surface area contributed by atoms with Gasteiger partial charge in [0.1, 0.15) is 5.01 Å². The van der Waals surface area contributed by atoms with Crippen molar-refractivity contribution >= 4 is 17.2 Å². The zero-order chi connectivity index (χ0) is 18.6. The number of benzene rings is 2. The number of carbonyl (C=O) groups excluding carboxylic acids is 1. The number of nitrogens with zero attached hydrogens (tertiary/aromatic N) is 3. The van der Waals surface area contributed by atoms with E-state index in [9.17, 15) is 4.79 Å². The molecule has 0 aliphatic carbocycles. The zero-order valence-electron chi connectivity index (χ0n) is 15.5. The highest BCUT2D eigenvalue weighted by molar-refractivity contribution is 7.09. The van der Waals surface area contributed by atoms with Crippen LogP contribution in [-0.2, 0) is 6.54 Å². The van der Waals surface area contributed by atoms with Gasteiger partial charge in [0.15, 0.2) is 0 Å². The minimum Gasteiger partial charge on any atom is -0.336 e. The molecule has 5 heteroatoms. The number of aromatic nitrogens is 1. The van der Waals surface area contributed by atoms with Crippen molar-refractivity contribution in [1.82, 2.24) is 14.8 Å². The first-order chi connectivity index (χ1) is 13.2. The Morgan fingerprint density at radius 2 is 1.63 bits per heavy atom. The molecule has 1 aliphatic rings. The molecule has 0 unspecified atom stereocenters. The monoisotopic (exact) mass is 377 g/mol. The molecule has 0 atom stereocenters. The summed E-state index contributed by atoms with van der Waals surface area (Å²) in [7, 11) is 0. The van der Waals surface area contributed by atoms with E-state index in [0.717, 1.165) is 54.6 Å². The summed E-state index contributed by atoms with van der Waals surface area (Å²) in [5.74, 6) is 0.124. The molecule has 1 aliphatic heterocycles. The fourth-order valence-corrected chi connectivity index (χ4v) is 4.21. The lowest BCUT2D eigenvalue weighted by Crippen LogP contribution is -2.48. The van der Waals surface area contributed by atoms with Crippen molar-refractivity contribution in [2.75, 3.05) is 26.2 Å². The highest BCUT2D eigenvalue weighted by atomic mass is 32.1. The SMILES string of the molecule is Cc1csc(CN2CCN(C(=O)c3ccc(-c4ccccc4)cc3)CC2)n1. The van der Waals surface area contributed by atoms with Crippen LogP contribution in [0.1, 0.15) is 21.1 Å². The van der Waals surface area contributed by atoms with E-state index in [1.807, 2.05) is 54.3 Å². The molecule has 1 amide bonds. The number of aryl methyl sites for hydroxylation is 1. The van der Waals surface area contributed by atoms with Gasteiger partial charge < -0.3 is 4.90 Å². The predicted molar refractivity (Wildman–Crippen MR) is 110 cm³/mol. The van der Waals surface area contributed by atoms with E-state index in [4.69, 9.17) is 0 Å². The summed E-state index contributed by atoms with van der Waals surface area (Å²) in [5, 5.41) is 3.25. The molecule has 27 heavy (non-hydrogen) atoms. The van der Waals surface area contributed by atoms with Gasteiger partial charge in [0.05, 0.1) is 6.54 Å². The highest BCUT2D eigenvalue weighted by Gasteiger charge is 2.22. The van der Waals surface area contributed by atoms with Gasteiger partial charge in [-0.25, -0.2) is 4.98 Å². The first-order valence-corrected chi connectivity index (χ1v) is 10.1. The molecule has 138 valence electrons. The van der Waals surface area contributed by atoms with Crippen molar-refractivity contribution in [1.29, 1.82) is 0 Å². The Hall–Kier alpha value is -2.50. The standard InChI is InChI=1S/C22H23N3OS/c1-17-16-27-21(23-17)15-24-11-13-25(14-12-24)22(26)20-9-7-19(8-10-20)18-5-3-2-4-6-18/h2-10,16H,11-15H2,1H3. The largest absolute Gasteiger partial charge is 0.336 e. The Kier molecular flexibility index (Phi) is 5.32. The quantitative estimate of drug-likeness (QED) is 0.687. The van der Waals surface area contributed by atoms with Crippen molar-refractivity contribution in [2.45, 2.75) is 13.5 Å². The van der Waals surface area contributed by atoms with Crippen LogP contribution in [0.4, 0.5) is 0 Å². The topological polar surface area (TPSA) is 36.4 Å². The molecule has 0 spiro atoms. The summed E-state index contributed by atoms with van der Waals surface area (Å²) in [4.78, 5) is 21.7. The summed E-state index contributed by atoms with van der Waals surface area (Å²) < 4.78 is 0. The second-order valence-electron chi connectivity index (χ2n) is 6.89. The average molecular weight is 378 g/mol. The van der Waals surface area contributed by atoms with Gasteiger partial charge in [0.2, 0.25) is 0 Å². The van der Waals surface area contributed by atoms with Crippen molar-refractivity contribution in [3.8, 4) is 11.1 Å². The number of amides is 1. The third-order valence-electron chi connectivity index (χ3n) is 4.92. The van der Waals surface area contributed by atoms with Gasteiger partial charge in [-0.2, -0.15) is 0 Å². The van der Waals surface area contributed by atoms with Crippen molar-refractivity contribution < 1.29 is 4.79 Å². The molecule has 4 nitrogen and oxygen atoms in total. The number of carbonyl (C=O) groups is 1. The molecule has 0 saturated carbocycles. The Balaban J connectivity index is 1.35. The fraction of sp³-hybridized carbons (Fsp3) is 0.273. The second kappa shape index (κ2) is 8.03. The third-order valence-corrected chi connectivity index (χ3v) is 5.88. The Bertz CT molecular complexity index is 897. The minimum atomic E-state index is 0.124. The van der Waals surface area contributed by atoms with Crippen LogP contribution in [0.2, 0.25) is 0 Å². The van der Waals surface area contributed by atoms with Crippen LogP contribution in [0.15, 0.2) is 60.0 Å². The first kappa shape index (κ1) is 17.9. The van der Waals surface area contributed by atoms with Crippen LogP contribution in [0.5, 0.6) is 0 Å². The molecule has 0 radical (unpaired) electrons. The van der Waals surface area contributed by atoms with E-state index in [2.05, 4.69) is 27.4 Å². The summed E-state index contributed by atoms with van der Waals surface area (Å²) in [6.45, 7) is 6.23. The van der Waals surface area contributed by atoms with Gasteiger partial charge in [-0.1, -0.05) is 42.5 Å². The number of hydrogen-bond donors (Lipinski definition) is 0. The summed E-state index contributed by atoms with van der Waals surface area (Å²) in [5.41, 5.74) is 4.15. The second-order valence-corrected chi connectivity index (χ2v) is 7.84. The summed E-state index contributed by atoms with van der Waals surface area (Å²) in [6.07, 6.45) is 0. The third kappa shape index (κ3) is 4.26. The van der Waals surface area contributed by atoms with Crippen LogP contribution in [0, 0.1) is 6.92 Å². The normalized spacial score (nSPS) is 15.1. The Morgan fingerprint density at radius 3 is 2.26 bits per heavy atom. The summed E-state index contributed by atoms with van der Waals surface area (Å²) >= 11 is 1.71. The van der Waals surface area contributed by atoms with Crippen LogP contribution < -0.4 is 0 Å². The van der Waals surface area contributed by atoms with Gasteiger partial charge >= 0.3 is 0 Å². The molecule has 0 N–H and O–H groups in total. The van der Waals surface area contributed by atoms with E-state index in [1.54, 1.807) is 11.3 Å². The predicted octanol–water partition coefficient (Wildman–Crippen LogP) is 4.08. The average Bonchev–Trinajstić information content (AvgIpc) is 3.13. The van der Waals surface area contributed by atoms with E-state index in [1.165, 1.54) is 5.56 Å². The van der Waals surface area contributed by atoms with Crippen LogP contribution in [0.25, 0.3) is 11.1 Å². The number of piperazine rings is 1. The van der Waals surface area contributed by atoms with Gasteiger partial charge in [-0.05, 0) is 30.2 Å². The lowest BCUT2D eigenvalue weighted by Gasteiger charge is -2.34. The molecule has 3 aromatic rings. The molecule has 2 heterocycles. The van der Waals surface area contributed by atoms with Gasteiger partial charge in [-0.15, -0.1) is 11.3 Å². The molecule has 1 saturated heterocycles. The lowest BCUT2D eigenvalue weighted by atomic mass is 10.0. The number of thiazole rings is 1. The van der Waals surface area contributed by atoms with Crippen LogP contribution in [0.3, 0.4) is 0 Å². The minimum absolute atomic E-state index is 0.124. The van der Waals surface area contributed by atoms with Crippen molar-refractivity contribution in [3.05, 3.63) is 76.2 Å². The maximum atomic E-state index is 12.8. The summed E-state index contributed by atoms with van der Waals surface area (Å²) in [6, 6.07) is 18.2. The molecular formula is C22H23N3OS. The molecule has 0 bridgehead atoms. The van der Waals surface area contributed by atoms with E-state index in [-0.39, 0.29) is 5.91 Å². The lowest BCUT2D eigenvalue weighted by molar-refractivity contribution is 0.0628. The van der Waals surface area contributed by atoms with Crippen LogP contribution in [-0.4, -0.2) is 46.9 Å². The van der Waals surface area contributed by atoms with E-state index >= 15 is 0 Å². The molecule has 4 rings (SSSR count). The maximum absolute atomic E-state index is 12.8. The zero-order valence-corrected chi connectivity index (χ0v) is 16.3. The number of hydrogen-bond acceptors (Lipinski definition) is 4. The molecular weight excluding hydrogens is 354 g/mol. The number of rotatable bonds is 4. The van der Waals surface area contributed by atoms with Crippen molar-refractivity contribution in [2.24, 2.45) is 0 Å². The van der Waals surface area contributed by atoms with Gasteiger partial charge in [0, 0.05) is 42.8 Å². The molecule has 2 aromatic carbocycles. The van der Waals surface area contributed by atoms with E-state index < -0.39 is 0 Å². The van der Waals surface area contributed by atoms with Gasteiger partial charge in [0.25, 0.3) is 5.91 Å². The molecule has 1 aromatic heterocycles. The fourth-order valence-electron chi connectivity index (χ4n) is 3.39. The van der Waals surface area contributed by atoms with Crippen molar-refractivity contribution in [3.63, 3.8) is 0 Å². The first-order valence-electron chi connectivity index (χ1n) is 9.27. The van der Waals surface area contributed by atoms with Gasteiger partial charge in [-0.3, -0.25) is 9.69 Å². The Morgan fingerprint density at radius 1 is 0.963 bits per heavy atom.